The van der Waals surface area contributed by atoms with Crippen molar-refractivity contribution in [2.75, 3.05) is 53.0 Å². The number of amides is 1. The van der Waals surface area contributed by atoms with E-state index in [1.165, 1.54) is 4.31 Å². The monoisotopic (exact) mass is 369 g/mol. The SMILES string of the molecule is COCCNCC(=O)N1CCN(S(=O)(=O)c2ccc(C)c(C)c2)CC1. The van der Waals surface area contributed by atoms with Gasteiger partial charge in [0.2, 0.25) is 15.9 Å². The van der Waals surface area contributed by atoms with Gasteiger partial charge < -0.3 is 15.0 Å². The summed E-state index contributed by atoms with van der Waals surface area (Å²) in [6, 6.07) is 5.19. The molecule has 0 spiro atoms. The molecule has 1 saturated heterocycles. The number of ether oxygens (including phenoxy) is 1. The molecule has 0 saturated carbocycles. The number of methoxy groups -OCH3 is 1. The minimum Gasteiger partial charge on any atom is -0.383 e. The Morgan fingerprint density at radius 3 is 2.44 bits per heavy atom. The summed E-state index contributed by atoms with van der Waals surface area (Å²) in [7, 11) is -1.90. The number of hydrogen-bond donors (Lipinski definition) is 1. The number of aryl methyl sites for hydroxylation is 2. The quantitative estimate of drug-likeness (QED) is 0.703. The third-order valence-electron chi connectivity index (χ3n) is 4.47. The van der Waals surface area contributed by atoms with Crippen LogP contribution in [0.15, 0.2) is 23.1 Å². The zero-order chi connectivity index (χ0) is 18.4. The van der Waals surface area contributed by atoms with E-state index < -0.39 is 10.0 Å². The van der Waals surface area contributed by atoms with E-state index in [2.05, 4.69) is 5.32 Å². The van der Waals surface area contributed by atoms with Gasteiger partial charge in [-0.2, -0.15) is 4.31 Å². The van der Waals surface area contributed by atoms with Crippen LogP contribution in [0, 0.1) is 13.8 Å². The molecule has 1 aliphatic rings. The van der Waals surface area contributed by atoms with E-state index in [-0.39, 0.29) is 12.5 Å². The van der Waals surface area contributed by atoms with Crippen molar-refractivity contribution in [1.29, 1.82) is 0 Å². The molecule has 140 valence electrons. The van der Waals surface area contributed by atoms with Crippen LogP contribution in [0.4, 0.5) is 0 Å². The van der Waals surface area contributed by atoms with Crippen LogP contribution in [-0.2, 0) is 19.6 Å². The Balaban J connectivity index is 1.92. The van der Waals surface area contributed by atoms with Crippen molar-refractivity contribution in [2.24, 2.45) is 0 Å². The molecule has 25 heavy (non-hydrogen) atoms. The molecule has 1 fully saturated rings. The zero-order valence-electron chi connectivity index (χ0n) is 15.1. The second-order valence-corrected chi connectivity index (χ2v) is 8.14. The summed E-state index contributed by atoms with van der Waals surface area (Å²) in [6.45, 7) is 6.73. The van der Waals surface area contributed by atoms with Crippen LogP contribution in [0.3, 0.4) is 0 Å². The molecule has 0 unspecified atom stereocenters. The largest absolute Gasteiger partial charge is 0.383 e. The molecule has 7 nitrogen and oxygen atoms in total. The lowest BCUT2D eigenvalue weighted by Gasteiger charge is -2.34. The van der Waals surface area contributed by atoms with Crippen LogP contribution in [0.5, 0.6) is 0 Å². The minimum absolute atomic E-state index is 0.0145. The predicted octanol–water partition coefficient (Wildman–Crippen LogP) is 0.372. The Morgan fingerprint density at radius 2 is 1.84 bits per heavy atom. The van der Waals surface area contributed by atoms with Crippen LogP contribution >= 0.6 is 0 Å². The maximum Gasteiger partial charge on any atom is 0.243 e. The average Bonchev–Trinajstić information content (AvgIpc) is 2.61. The van der Waals surface area contributed by atoms with E-state index in [1.54, 1.807) is 24.1 Å². The number of piperazine rings is 1. The highest BCUT2D eigenvalue weighted by atomic mass is 32.2. The predicted molar refractivity (Wildman–Crippen MR) is 96.0 cm³/mol. The van der Waals surface area contributed by atoms with E-state index in [9.17, 15) is 13.2 Å². The van der Waals surface area contributed by atoms with Gasteiger partial charge >= 0.3 is 0 Å². The third-order valence-corrected chi connectivity index (χ3v) is 6.36. The smallest absolute Gasteiger partial charge is 0.243 e. The molecular weight excluding hydrogens is 342 g/mol. The summed E-state index contributed by atoms with van der Waals surface area (Å²) in [5.41, 5.74) is 2.02. The first-order chi connectivity index (χ1) is 11.9. The second-order valence-electron chi connectivity index (χ2n) is 6.20. The number of benzene rings is 1. The van der Waals surface area contributed by atoms with Crippen molar-refractivity contribution in [2.45, 2.75) is 18.7 Å². The number of rotatable bonds is 7. The maximum atomic E-state index is 12.8. The lowest BCUT2D eigenvalue weighted by Crippen LogP contribution is -2.52. The van der Waals surface area contributed by atoms with Crippen LogP contribution in [0.2, 0.25) is 0 Å². The molecular formula is C17H27N3O4S. The summed E-state index contributed by atoms with van der Waals surface area (Å²) < 4.78 is 31.9. The summed E-state index contributed by atoms with van der Waals surface area (Å²) in [4.78, 5) is 14.1. The molecule has 1 aliphatic heterocycles. The summed E-state index contributed by atoms with van der Waals surface area (Å²) in [6.07, 6.45) is 0. The van der Waals surface area contributed by atoms with Crippen molar-refractivity contribution in [3.05, 3.63) is 29.3 Å². The average molecular weight is 369 g/mol. The van der Waals surface area contributed by atoms with Gasteiger partial charge in [0.05, 0.1) is 18.0 Å². The molecule has 2 rings (SSSR count). The highest BCUT2D eigenvalue weighted by Crippen LogP contribution is 2.20. The van der Waals surface area contributed by atoms with Crippen molar-refractivity contribution < 1.29 is 17.9 Å². The van der Waals surface area contributed by atoms with Gasteiger partial charge in [-0.3, -0.25) is 4.79 Å². The number of nitrogens with zero attached hydrogens (tertiary/aromatic N) is 2. The Hall–Kier alpha value is -1.48. The Bertz CT molecular complexity index is 698. The van der Waals surface area contributed by atoms with Gasteiger partial charge in [0.15, 0.2) is 0 Å². The molecule has 1 N–H and O–H groups in total. The van der Waals surface area contributed by atoms with Gasteiger partial charge in [0.1, 0.15) is 0 Å². The molecule has 1 amide bonds. The summed E-state index contributed by atoms with van der Waals surface area (Å²) in [5, 5.41) is 3.01. The first kappa shape index (κ1) is 19.8. The van der Waals surface area contributed by atoms with E-state index in [1.807, 2.05) is 19.9 Å². The Morgan fingerprint density at radius 1 is 1.16 bits per heavy atom. The van der Waals surface area contributed by atoms with Crippen molar-refractivity contribution >= 4 is 15.9 Å². The van der Waals surface area contributed by atoms with Crippen LogP contribution < -0.4 is 5.32 Å². The molecule has 1 heterocycles. The Kier molecular flexibility index (Phi) is 6.95. The van der Waals surface area contributed by atoms with Crippen LogP contribution in [-0.4, -0.2) is 76.5 Å². The number of nitrogens with one attached hydrogen (secondary N) is 1. The van der Waals surface area contributed by atoms with Crippen LogP contribution in [0.1, 0.15) is 11.1 Å². The van der Waals surface area contributed by atoms with E-state index in [0.717, 1.165) is 11.1 Å². The third kappa shape index (κ3) is 5.01. The molecule has 1 aromatic rings. The van der Waals surface area contributed by atoms with Gasteiger partial charge in [-0.05, 0) is 37.1 Å². The van der Waals surface area contributed by atoms with Gasteiger partial charge in [-0.1, -0.05) is 6.07 Å². The van der Waals surface area contributed by atoms with Gasteiger partial charge in [0.25, 0.3) is 0 Å². The highest BCUT2D eigenvalue weighted by Gasteiger charge is 2.30. The number of hydrogen-bond acceptors (Lipinski definition) is 5. The van der Waals surface area contributed by atoms with Crippen LogP contribution in [0.25, 0.3) is 0 Å². The number of sulfonamides is 1. The summed E-state index contributed by atoms with van der Waals surface area (Å²) >= 11 is 0. The molecule has 0 bridgehead atoms. The second kappa shape index (κ2) is 8.75. The first-order valence-corrected chi connectivity index (χ1v) is 9.85. The van der Waals surface area contributed by atoms with Gasteiger partial charge in [-0.25, -0.2) is 8.42 Å². The number of carbonyl (C=O) groups is 1. The maximum absolute atomic E-state index is 12.8. The van der Waals surface area contributed by atoms with Crippen molar-refractivity contribution in [1.82, 2.24) is 14.5 Å². The fraction of sp³-hybridized carbons (Fsp3) is 0.588. The van der Waals surface area contributed by atoms with E-state index in [4.69, 9.17) is 4.74 Å². The van der Waals surface area contributed by atoms with E-state index >= 15 is 0 Å². The van der Waals surface area contributed by atoms with Crippen molar-refractivity contribution in [3.8, 4) is 0 Å². The van der Waals surface area contributed by atoms with Gasteiger partial charge in [0, 0.05) is 39.8 Å². The van der Waals surface area contributed by atoms with E-state index in [0.29, 0.717) is 44.2 Å². The minimum atomic E-state index is -3.51. The summed E-state index contributed by atoms with van der Waals surface area (Å²) in [5.74, 6) is -0.0145. The first-order valence-electron chi connectivity index (χ1n) is 8.41. The molecule has 8 heteroatoms. The zero-order valence-corrected chi connectivity index (χ0v) is 15.9. The number of carbonyl (C=O) groups excluding carboxylic acids is 1. The molecule has 1 aromatic carbocycles. The fourth-order valence-electron chi connectivity index (χ4n) is 2.68. The van der Waals surface area contributed by atoms with Gasteiger partial charge in [-0.15, -0.1) is 0 Å². The molecule has 0 aliphatic carbocycles. The Labute approximate surface area is 150 Å². The highest BCUT2D eigenvalue weighted by molar-refractivity contribution is 7.89. The lowest BCUT2D eigenvalue weighted by atomic mass is 10.1. The van der Waals surface area contributed by atoms with Crippen molar-refractivity contribution in [3.63, 3.8) is 0 Å². The molecule has 0 atom stereocenters. The molecule has 0 aromatic heterocycles. The molecule has 0 radical (unpaired) electrons. The standard InChI is InChI=1S/C17H27N3O4S/c1-14-4-5-16(12-15(14)2)25(22,23)20-9-7-19(8-10-20)17(21)13-18-6-11-24-3/h4-5,12,18H,6-11,13H2,1-3H3. The lowest BCUT2D eigenvalue weighted by molar-refractivity contribution is -0.131. The normalized spacial score (nSPS) is 16.2. The fourth-order valence-corrected chi connectivity index (χ4v) is 4.19. The topological polar surface area (TPSA) is 79.0 Å².